The van der Waals surface area contributed by atoms with Crippen molar-refractivity contribution < 1.29 is 4.79 Å². The number of hydrogen-bond donors (Lipinski definition) is 3. The molecule has 0 bridgehead atoms. The van der Waals surface area contributed by atoms with Gasteiger partial charge in [-0.05, 0) is 32.4 Å². The van der Waals surface area contributed by atoms with E-state index in [1.54, 1.807) is 6.07 Å². The third-order valence-corrected chi connectivity index (χ3v) is 2.57. The Balaban J connectivity index is 1.91. The molecule has 82 valence electrons. The van der Waals surface area contributed by atoms with Crippen LogP contribution in [0.3, 0.4) is 0 Å². The average Bonchev–Trinajstić information content (AvgIpc) is 2.66. The second kappa shape index (κ2) is 4.44. The summed E-state index contributed by atoms with van der Waals surface area (Å²) in [5.41, 5.74) is 1.37. The number of H-pyrrole nitrogens is 1. The van der Waals surface area contributed by atoms with Crippen LogP contribution in [0.1, 0.15) is 29.0 Å². The molecule has 2 heterocycles. The Kier molecular flexibility index (Phi) is 3.01. The highest BCUT2D eigenvalue weighted by molar-refractivity contribution is 5.92. The summed E-state index contributed by atoms with van der Waals surface area (Å²) in [6.07, 6.45) is 2.16. The van der Waals surface area contributed by atoms with E-state index in [1.165, 1.54) is 0 Å². The first-order chi connectivity index (χ1) is 7.25. The van der Waals surface area contributed by atoms with Crippen molar-refractivity contribution in [3.63, 3.8) is 0 Å². The molecule has 15 heavy (non-hydrogen) atoms. The number of rotatable bonds is 2. The van der Waals surface area contributed by atoms with Crippen LogP contribution in [-0.2, 0) is 0 Å². The van der Waals surface area contributed by atoms with Crippen molar-refractivity contribution >= 4 is 5.91 Å². The molecule has 1 aromatic rings. The van der Waals surface area contributed by atoms with E-state index in [0.717, 1.165) is 31.6 Å². The van der Waals surface area contributed by atoms with Gasteiger partial charge in [-0.25, -0.2) is 0 Å². The van der Waals surface area contributed by atoms with Gasteiger partial charge in [-0.1, -0.05) is 0 Å². The summed E-state index contributed by atoms with van der Waals surface area (Å²) in [6, 6.07) is 1.99. The smallest absolute Gasteiger partial charge is 0.272 e. The zero-order chi connectivity index (χ0) is 10.7. The van der Waals surface area contributed by atoms with Crippen molar-refractivity contribution in [1.82, 2.24) is 20.8 Å². The van der Waals surface area contributed by atoms with E-state index in [0.29, 0.717) is 5.69 Å². The molecule has 0 unspecified atom stereocenters. The zero-order valence-electron chi connectivity index (χ0n) is 8.84. The van der Waals surface area contributed by atoms with Gasteiger partial charge in [-0.2, -0.15) is 5.10 Å². The molecule has 2 rings (SSSR count). The van der Waals surface area contributed by atoms with Gasteiger partial charge >= 0.3 is 0 Å². The predicted octanol–water partition coefficient (Wildman–Crippen LogP) is 0.200. The highest BCUT2D eigenvalue weighted by Gasteiger charge is 2.17. The number of hydrogen-bond acceptors (Lipinski definition) is 3. The molecule has 3 N–H and O–H groups in total. The molecule has 1 fully saturated rings. The van der Waals surface area contributed by atoms with E-state index in [1.807, 2.05) is 6.92 Å². The minimum Gasteiger partial charge on any atom is -0.347 e. The number of piperidine rings is 1. The Morgan fingerprint density at radius 1 is 1.67 bits per heavy atom. The lowest BCUT2D eigenvalue weighted by atomic mass is 10.1. The number of amides is 1. The molecular formula is C10H16N4O. The highest BCUT2D eigenvalue weighted by atomic mass is 16.2. The lowest BCUT2D eigenvalue weighted by Crippen LogP contribution is -2.45. The van der Waals surface area contributed by atoms with Gasteiger partial charge < -0.3 is 10.6 Å². The summed E-state index contributed by atoms with van der Waals surface area (Å²) in [5, 5.41) is 12.9. The minimum atomic E-state index is -0.0898. The van der Waals surface area contributed by atoms with Crippen molar-refractivity contribution in [2.75, 3.05) is 13.1 Å². The van der Waals surface area contributed by atoms with E-state index in [9.17, 15) is 4.79 Å². The van der Waals surface area contributed by atoms with Gasteiger partial charge in [0.15, 0.2) is 0 Å². The number of carbonyl (C=O) groups is 1. The fourth-order valence-electron chi connectivity index (χ4n) is 1.77. The Morgan fingerprint density at radius 3 is 3.13 bits per heavy atom. The first-order valence-electron chi connectivity index (χ1n) is 5.29. The van der Waals surface area contributed by atoms with Crippen molar-refractivity contribution in [1.29, 1.82) is 0 Å². The molecule has 0 radical (unpaired) electrons. The molecule has 0 spiro atoms. The summed E-state index contributed by atoms with van der Waals surface area (Å²) >= 11 is 0. The molecule has 1 saturated heterocycles. The lowest BCUT2D eigenvalue weighted by molar-refractivity contribution is 0.0925. The fraction of sp³-hybridized carbons (Fsp3) is 0.600. The molecule has 0 aromatic carbocycles. The summed E-state index contributed by atoms with van der Waals surface area (Å²) in [5.74, 6) is -0.0898. The minimum absolute atomic E-state index is 0.0898. The molecule has 1 aliphatic rings. The van der Waals surface area contributed by atoms with E-state index in [2.05, 4.69) is 20.8 Å². The van der Waals surface area contributed by atoms with Gasteiger partial charge in [0, 0.05) is 18.3 Å². The normalized spacial score (nSPS) is 21.3. The van der Waals surface area contributed by atoms with Gasteiger partial charge in [0.25, 0.3) is 5.91 Å². The van der Waals surface area contributed by atoms with Gasteiger partial charge in [-0.3, -0.25) is 9.89 Å². The molecule has 0 aliphatic carbocycles. The number of nitrogens with zero attached hydrogens (tertiary/aromatic N) is 1. The van der Waals surface area contributed by atoms with Gasteiger partial charge in [-0.15, -0.1) is 0 Å². The largest absolute Gasteiger partial charge is 0.347 e. The van der Waals surface area contributed by atoms with Gasteiger partial charge in [0.2, 0.25) is 0 Å². The molecule has 5 nitrogen and oxygen atoms in total. The van der Waals surface area contributed by atoms with Crippen molar-refractivity contribution in [3.05, 3.63) is 17.5 Å². The van der Waals surface area contributed by atoms with Crippen LogP contribution in [0, 0.1) is 6.92 Å². The second-order valence-corrected chi connectivity index (χ2v) is 3.95. The average molecular weight is 208 g/mol. The molecule has 5 heteroatoms. The van der Waals surface area contributed by atoms with Crippen LogP contribution in [0.2, 0.25) is 0 Å². The third kappa shape index (κ3) is 2.56. The standard InChI is InChI=1S/C10H16N4O/c1-7-5-9(14-13-7)10(15)12-8-3-2-4-11-6-8/h5,8,11H,2-4,6H2,1H3,(H,12,15)(H,13,14)/t8-/m0/s1. The topological polar surface area (TPSA) is 69.8 Å². The molecule has 1 aromatic heterocycles. The van der Waals surface area contributed by atoms with E-state index in [4.69, 9.17) is 0 Å². The van der Waals surface area contributed by atoms with Crippen LogP contribution < -0.4 is 10.6 Å². The van der Waals surface area contributed by atoms with Crippen LogP contribution in [-0.4, -0.2) is 35.2 Å². The van der Waals surface area contributed by atoms with Crippen molar-refractivity contribution in [3.8, 4) is 0 Å². The summed E-state index contributed by atoms with van der Waals surface area (Å²) < 4.78 is 0. The van der Waals surface area contributed by atoms with E-state index in [-0.39, 0.29) is 11.9 Å². The first kappa shape index (κ1) is 10.2. The van der Waals surface area contributed by atoms with Crippen LogP contribution in [0.5, 0.6) is 0 Å². The fourth-order valence-corrected chi connectivity index (χ4v) is 1.77. The Hall–Kier alpha value is -1.36. The van der Waals surface area contributed by atoms with E-state index >= 15 is 0 Å². The SMILES string of the molecule is Cc1cc(C(=O)N[C@H]2CCCNC2)n[nH]1. The molecule has 1 atom stereocenters. The second-order valence-electron chi connectivity index (χ2n) is 3.95. The highest BCUT2D eigenvalue weighted by Crippen LogP contribution is 2.03. The van der Waals surface area contributed by atoms with Gasteiger partial charge in [0.1, 0.15) is 5.69 Å². The van der Waals surface area contributed by atoms with Crippen LogP contribution in [0.4, 0.5) is 0 Å². The number of aryl methyl sites for hydroxylation is 1. The maximum absolute atomic E-state index is 11.7. The molecule has 1 aliphatic heterocycles. The predicted molar refractivity (Wildman–Crippen MR) is 56.7 cm³/mol. The zero-order valence-corrected chi connectivity index (χ0v) is 8.84. The summed E-state index contributed by atoms with van der Waals surface area (Å²) in [7, 11) is 0. The Morgan fingerprint density at radius 2 is 2.53 bits per heavy atom. The molecular weight excluding hydrogens is 192 g/mol. The van der Waals surface area contributed by atoms with Crippen LogP contribution in [0.15, 0.2) is 6.07 Å². The van der Waals surface area contributed by atoms with Crippen LogP contribution in [0.25, 0.3) is 0 Å². The molecule has 1 amide bonds. The quantitative estimate of drug-likeness (QED) is 0.650. The van der Waals surface area contributed by atoms with Crippen molar-refractivity contribution in [2.24, 2.45) is 0 Å². The maximum Gasteiger partial charge on any atom is 0.272 e. The molecule has 0 saturated carbocycles. The number of carbonyl (C=O) groups excluding carboxylic acids is 1. The maximum atomic E-state index is 11.7. The van der Waals surface area contributed by atoms with Gasteiger partial charge in [0.05, 0.1) is 0 Å². The first-order valence-corrected chi connectivity index (χ1v) is 5.29. The van der Waals surface area contributed by atoms with E-state index < -0.39 is 0 Å². The summed E-state index contributed by atoms with van der Waals surface area (Å²) in [6.45, 7) is 3.79. The lowest BCUT2D eigenvalue weighted by Gasteiger charge is -2.23. The Labute approximate surface area is 88.6 Å². The third-order valence-electron chi connectivity index (χ3n) is 2.57. The monoisotopic (exact) mass is 208 g/mol. The Bertz CT molecular complexity index is 341. The number of nitrogens with one attached hydrogen (secondary N) is 3. The van der Waals surface area contributed by atoms with Crippen molar-refractivity contribution in [2.45, 2.75) is 25.8 Å². The number of aromatic amines is 1. The number of aromatic nitrogens is 2. The summed E-state index contributed by atoms with van der Waals surface area (Å²) in [4.78, 5) is 11.7. The van der Waals surface area contributed by atoms with Crippen LogP contribution >= 0.6 is 0 Å².